The first kappa shape index (κ1) is 30.1. The van der Waals surface area contributed by atoms with Crippen molar-refractivity contribution < 1.29 is 0 Å². The molecular weight excluding hydrogens is 569 g/mol. The van der Waals surface area contributed by atoms with Gasteiger partial charge < -0.3 is 9.13 Å². The molecule has 47 heavy (non-hydrogen) atoms. The van der Waals surface area contributed by atoms with Gasteiger partial charge in [-0.25, -0.2) is 0 Å². The molecule has 230 valence electrons. The third-order valence-corrected chi connectivity index (χ3v) is 9.02. The molecule has 2 heterocycles. The van der Waals surface area contributed by atoms with Crippen molar-refractivity contribution in [1.29, 1.82) is 0 Å². The number of fused-ring (bicyclic) bond motifs is 4. The van der Waals surface area contributed by atoms with Gasteiger partial charge in [0.2, 0.25) is 0 Å². The first-order valence-electron chi connectivity index (χ1n) is 16.6. The molecule has 7 rings (SSSR count). The summed E-state index contributed by atoms with van der Waals surface area (Å²) in [5, 5.41) is 2.59. The van der Waals surface area contributed by atoms with Crippen molar-refractivity contribution in [2.45, 2.75) is 33.1 Å². The third kappa shape index (κ3) is 5.57. The predicted octanol–water partition coefficient (Wildman–Crippen LogP) is 12.0. The number of para-hydroxylation sites is 2. The molecule has 0 atom stereocenters. The number of allylic oxidation sites excluding steroid dienone is 8. The molecule has 2 aromatic heterocycles. The van der Waals surface area contributed by atoms with E-state index in [1.165, 1.54) is 61.0 Å². The number of rotatable bonds is 9. The van der Waals surface area contributed by atoms with E-state index in [1.807, 2.05) is 6.08 Å². The lowest BCUT2D eigenvalue weighted by Gasteiger charge is -2.11. The Labute approximate surface area is 278 Å². The highest BCUT2D eigenvalue weighted by Crippen LogP contribution is 2.39. The predicted molar refractivity (Wildman–Crippen MR) is 204 cm³/mol. The van der Waals surface area contributed by atoms with Crippen LogP contribution in [0.15, 0.2) is 146 Å². The molecule has 4 aromatic carbocycles. The monoisotopic (exact) mass is 608 g/mol. The zero-order valence-electron chi connectivity index (χ0n) is 27.2. The highest BCUT2D eigenvalue weighted by Gasteiger charge is 2.22. The lowest BCUT2D eigenvalue weighted by atomic mass is 9.98. The molecule has 0 saturated heterocycles. The Hall–Kier alpha value is -5.60. The Bertz CT molecular complexity index is 2230. The van der Waals surface area contributed by atoms with E-state index in [4.69, 9.17) is 0 Å². The highest BCUT2D eigenvalue weighted by molar-refractivity contribution is 6.12. The molecule has 1 aliphatic carbocycles. The molecule has 1 aliphatic rings. The maximum atomic E-state index is 4.23. The fraction of sp³-hybridized carbons (Fsp3) is 0.111. The SMILES string of the molecule is C=Cc1c(/C=C\C)c2c(n1-c1ccccc1)CC=CC(c1ccc3c(c1)c1c(C/C=C\C=C/CC)cccc1n3-c1ccccc1)=C2. The van der Waals surface area contributed by atoms with Crippen LogP contribution >= 0.6 is 0 Å². The van der Waals surface area contributed by atoms with Crippen LogP contribution in [0.3, 0.4) is 0 Å². The van der Waals surface area contributed by atoms with Gasteiger partial charge in [0.05, 0.1) is 16.7 Å². The minimum Gasteiger partial charge on any atom is -0.313 e. The van der Waals surface area contributed by atoms with E-state index in [0.717, 1.165) is 30.6 Å². The number of hydrogen-bond acceptors (Lipinski definition) is 0. The molecule has 2 nitrogen and oxygen atoms in total. The van der Waals surface area contributed by atoms with E-state index >= 15 is 0 Å². The first-order valence-corrected chi connectivity index (χ1v) is 16.6. The summed E-state index contributed by atoms with van der Waals surface area (Å²) in [4.78, 5) is 0. The van der Waals surface area contributed by atoms with Crippen molar-refractivity contribution >= 4 is 45.6 Å². The zero-order chi connectivity index (χ0) is 32.2. The van der Waals surface area contributed by atoms with Crippen molar-refractivity contribution in [3.05, 3.63) is 180 Å². The molecule has 0 unspecified atom stereocenters. The van der Waals surface area contributed by atoms with Crippen LogP contribution in [-0.4, -0.2) is 9.13 Å². The maximum Gasteiger partial charge on any atom is 0.0543 e. The van der Waals surface area contributed by atoms with E-state index in [0.29, 0.717) is 0 Å². The molecule has 0 N–H and O–H groups in total. The molecule has 0 fully saturated rings. The fourth-order valence-electron chi connectivity index (χ4n) is 6.98. The quantitative estimate of drug-likeness (QED) is 0.145. The normalized spacial score (nSPS) is 13.3. The second-order valence-corrected chi connectivity index (χ2v) is 11.9. The second-order valence-electron chi connectivity index (χ2n) is 11.9. The Balaban J connectivity index is 1.44. The van der Waals surface area contributed by atoms with E-state index in [-0.39, 0.29) is 0 Å². The smallest absolute Gasteiger partial charge is 0.0543 e. The summed E-state index contributed by atoms with van der Waals surface area (Å²) < 4.78 is 4.78. The molecule has 2 heteroatoms. The minimum absolute atomic E-state index is 0.834. The Morgan fingerprint density at radius 3 is 2.26 bits per heavy atom. The average Bonchev–Trinajstić information content (AvgIpc) is 3.50. The van der Waals surface area contributed by atoms with Gasteiger partial charge in [-0.2, -0.15) is 0 Å². The number of aromatic nitrogens is 2. The standard InChI is InChI=1S/C45H40N2/c1-4-7-8-9-12-20-33-21-17-28-44-45(33)40-32-35(29-30-43(40)47(44)37-25-15-11-16-26-37)34-22-18-27-42-39(31-34)38(19-5-2)41(6-3)46(42)36-23-13-10-14-24-36/h5-19,21-26,28-32H,3-4,20,27H2,1-2H3/b8-7-,12-9-,19-5-. The van der Waals surface area contributed by atoms with Crippen LogP contribution < -0.4 is 0 Å². The molecule has 0 spiro atoms. The van der Waals surface area contributed by atoms with Gasteiger partial charge in [0, 0.05) is 45.4 Å². The van der Waals surface area contributed by atoms with Crippen LogP contribution in [0, 0.1) is 0 Å². The van der Waals surface area contributed by atoms with E-state index < -0.39 is 0 Å². The summed E-state index contributed by atoms with van der Waals surface area (Å²) in [6.07, 6.45) is 24.9. The van der Waals surface area contributed by atoms with Crippen LogP contribution in [0.4, 0.5) is 0 Å². The van der Waals surface area contributed by atoms with Gasteiger partial charge in [-0.1, -0.05) is 117 Å². The average molecular weight is 609 g/mol. The second kappa shape index (κ2) is 13.4. The molecule has 6 aromatic rings. The van der Waals surface area contributed by atoms with Gasteiger partial charge in [-0.05, 0) is 91.1 Å². The molecule has 0 radical (unpaired) electrons. The lowest BCUT2D eigenvalue weighted by Crippen LogP contribution is -2.02. The highest BCUT2D eigenvalue weighted by atomic mass is 15.0. The van der Waals surface area contributed by atoms with E-state index in [1.54, 1.807) is 0 Å². The van der Waals surface area contributed by atoms with Crippen molar-refractivity contribution in [2.24, 2.45) is 0 Å². The summed E-state index contributed by atoms with van der Waals surface area (Å²) in [5.74, 6) is 0. The molecule has 0 saturated carbocycles. The van der Waals surface area contributed by atoms with Crippen molar-refractivity contribution in [1.82, 2.24) is 9.13 Å². The van der Waals surface area contributed by atoms with Gasteiger partial charge in [-0.15, -0.1) is 0 Å². The fourth-order valence-corrected chi connectivity index (χ4v) is 6.98. The van der Waals surface area contributed by atoms with Gasteiger partial charge in [-0.3, -0.25) is 0 Å². The Kier molecular flexibility index (Phi) is 8.58. The van der Waals surface area contributed by atoms with E-state index in [2.05, 4.69) is 181 Å². The van der Waals surface area contributed by atoms with Crippen LogP contribution in [0.2, 0.25) is 0 Å². The Morgan fingerprint density at radius 1 is 0.787 bits per heavy atom. The molecule has 0 aliphatic heterocycles. The van der Waals surface area contributed by atoms with Crippen molar-refractivity contribution in [3.63, 3.8) is 0 Å². The van der Waals surface area contributed by atoms with Gasteiger partial charge in [0.25, 0.3) is 0 Å². The minimum atomic E-state index is 0.834. The van der Waals surface area contributed by atoms with E-state index in [9.17, 15) is 0 Å². The summed E-state index contributed by atoms with van der Waals surface area (Å²) in [5.41, 5.74) is 13.4. The summed E-state index contributed by atoms with van der Waals surface area (Å²) in [6, 6.07) is 35.1. The molecule has 0 amide bonds. The summed E-state index contributed by atoms with van der Waals surface area (Å²) in [6.45, 7) is 8.49. The number of hydrogen-bond donors (Lipinski definition) is 0. The van der Waals surface area contributed by atoms with Crippen LogP contribution in [-0.2, 0) is 12.8 Å². The Morgan fingerprint density at radius 2 is 1.53 bits per heavy atom. The molecular formula is C45H40N2. The maximum absolute atomic E-state index is 4.23. The topological polar surface area (TPSA) is 9.86 Å². The van der Waals surface area contributed by atoms with Crippen LogP contribution in [0.5, 0.6) is 0 Å². The number of benzene rings is 4. The van der Waals surface area contributed by atoms with Crippen LogP contribution in [0.1, 0.15) is 53.9 Å². The summed E-state index contributed by atoms with van der Waals surface area (Å²) in [7, 11) is 0. The first-order chi connectivity index (χ1) is 23.2. The lowest BCUT2D eigenvalue weighted by molar-refractivity contribution is 0.962. The number of nitrogens with zero attached hydrogens (tertiary/aromatic N) is 2. The van der Waals surface area contributed by atoms with Crippen LogP contribution in [0.25, 0.3) is 57.0 Å². The van der Waals surface area contributed by atoms with Crippen molar-refractivity contribution in [2.75, 3.05) is 0 Å². The summed E-state index contributed by atoms with van der Waals surface area (Å²) >= 11 is 0. The van der Waals surface area contributed by atoms with Crippen molar-refractivity contribution in [3.8, 4) is 11.4 Å². The van der Waals surface area contributed by atoms with Gasteiger partial charge >= 0.3 is 0 Å². The largest absolute Gasteiger partial charge is 0.313 e. The zero-order valence-corrected chi connectivity index (χ0v) is 27.2. The van der Waals surface area contributed by atoms with Gasteiger partial charge in [0.15, 0.2) is 0 Å². The van der Waals surface area contributed by atoms with Gasteiger partial charge in [0.1, 0.15) is 0 Å². The molecule has 0 bridgehead atoms. The third-order valence-electron chi connectivity index (χ3n) is 9.02.